The minimum absolute atomic E-state index is 0.0327. The van der Waals surface area contributed by atoms with Crippen molar-refractivity contribution < 1.29 is 29.1 Å². The summed E-state index contributed by atoms with van der Waals surface area (Å²) in [5.74, 6) is -1.05. The van der Waals surface area contributed by atoms with E-state index in [1.54, 1.807) is 42.7 Å². The van der Waals surface area contributed by atoms with Crippen LogP contribution in [0, 0.1) is 0 Å². The quantitative estimate of drug-likeness (QED) is 0.251. The molecule has 4 N–H and O–H groups in total. The Labute approximate surface area is 222 Å². The number of H-pyrrole nitrogens is 1. The zero-order valence-corrected chi connectivity index (χ0v) is 21.0. The number of aromatic amines is 1. The number of carboxylic acid groups (broad SMARTS) is 1. The van der Waals surface area contributed by atoms with Gasteiger partial charge < -0.3 is 20.7 Å². The van der Waals surface area contributed by atoms with E-state index in [-0.39, 0.29) is 34.0 Å². The molecule has 1 atom stereocenters. The molecule has 1 amide bonds. The van der Waals surface area contributed by atoms with Gasteiger partial charge in [0.05, 0.1) is 15.6 Å². The molecule has 0 unspecified atom stereocenters. The molecule has 0 saturated heterocycles. The second-order valence-corrected chi connectivity index (χ2v) is 8.56. The number of Topliss-reactive ketones (excluding diaryl/α,β-unsaturated/α-hetero) is 1. The maximum Gasteiger partial charge on any atom is 0.373 e. The van der Waals surface area contributed by atoms with Gasteiger partial charge in [-0.15, -0.1) is 0 Å². The van der Waals surface area contributed by atoms with Gasteiger partial charge in [-0.25, -0.2) is 9.78 Å². The lowest BCUT2D eigenvalue weighted by atomic mass is 10.0. The number of hydrogen-bond acceptors (Lipinski definition) is 7. The monoisotopic (exact) mass is 546 g/mol. The van der Waals surface area contributed by atoms with Crippen molar-refractivity contribution in [1.82, 2.24) is 15.3 Å². The zero-order chi connectivity index (χ0) is 27.2. The lowest BCUT2D eigenvalue weighted by molar-refractivity contribution is -0.191. The smallest absolute Gasteiger partial charge is 0.373 e. The van der Waals surface area contributed by atoms with Crippen LogP contribution in [0.25, 0.3) is 0 Å². The number of carboxylic acids is 1. The summed E-state index contributed by atoms with van der Waals surface area (Å²) < 4.78 is 0. The number of hydrogen-bond donors (Lipinski definition) is 4. The second-order valence-electron chi connectivity index (χ2n) is 7.75. The summed E-state index contributed by atoms with van der Waals surface area (Å²) in [7, 11) is 0. The van der Waals surface area contributed by atoms with Gasteiger partial charge in [0.15, 0.2) is 5.95 Å². The summed E-state index contributed by atoms with van der Waals surface area (Å²) in [6.07, 6.45) is 5.11. The van der Waals surface area contributed by atoms with Gasteiger partial charge in [0, 0.05) is 38.2 Å². The van der Waals surface area contributed by atoms with Gasteiger partial charge >= 0.3 is 12.1 Å². The fourth-order valence-corrected chi connectivity index (χ4v) is 3.91. The average Bonchev–Trinajstić information content (AvgIpc) is 3.36. The van der Waals surface area contributed by atoms with E-state index in [2.05, 4.69) is 20.6 Å². The largest absolute Gasteiger partial charge is 0.480 e. The Morgan fingerprint density at radius 3 is 2.22 bits per heavy atom. The number of benzene rings is 2. The van der Waals surface area contributed by atoms with Gasteiger partial charge in [0.25, 0.3) is 5.91 Å². The maximum absolute atomic E-state index is 12.6. The number of halogens is 2. The summed E-state index contributed by atoms with van der Waals surface area (Å²) >= 11 is 12.1. The van der Waals surface area contributed by atoms with Crippen LogP contribution in [0.5, 0.6) is 0 Å². The van der Waals surface area contributed by atoms with Crippen LogP contribution in [0.3, 0.4) is 0 Å². The van der Waals surface area contributed by atoms with E-state index in [4.69, 9.17) is 32.8 Å². The van der Waals surface area contributed by atoms with Gasteiger partial charge in [-0.05, 0) is 29.7 Å². The molecule has 10 nitrogen and oxygen atoms in total. The number of anilines is 1. The highest BCUT2D eigenvalue weighted by molar-refractivity contribution is 6.39. The van der Waals surface area contributed by atoms with Crippen LogP contribution in [0.1, 0.15) is 34.3 Å². The standard InChI is InChI=1S/C24H24Cl2N4O4.CO2/c25-18-4-1-5-19(26)21(18)22(32)30-20(23(33)34)14-16-8-6-15(7-9-16)13-17(31)3-2-10-27-24-28-11-12-29-24;2-1-3/h1,4-9,11-12,20H,2-3,10,13-14H2,(H,30,32)(H,33,34)(H2,27,28,29);/t20-;/m0./s1. The van der Waals surface area contributed by atoms with Crippen molar-refractivity contribution in [2.45, 2.75) is 31.7 Å². The summed E-state index contributed by atoms with van der Waals surface area (Å²) in [4.78, 5) is 59.7. The van der Waals surface area contributed by atoms with E-state index >= 15 is 0 Å². The third kappa shape index (κ3) is 9.89. The highest BCUT2D eigenvalue weighted by Gasteiger charge is 2.23. The van der Waals surface area contributed by atoms with Gasteiger partial charge in [-0.2, -0.15) is 9.59 Å². The van der Waals surface area contributed by atoms with Crippen LogP contribution >= 0.6 is 23.2 Å². The Hall–Kier alpha value is -3.98. The summed E-state index contributed by atoms with van der Waals surface area (Å²) in [6, 6.07) is 10.5. The van der Waals surface area contributed by atoms with Crippen LogP contribution in [0.4, 0.5) is 5.95 Å². The molecular formula is C25H24Cl2N4O6. The number of amides is 1. The predicted molar refractivity (Wildman–Crippen MR) is 136 cm³/mol. The topological polar surface area (TPSA) is 158 Å². The van der Waals surface area contributed by atoms with Crippen molar-refractivity contribution in [2.24, 2.45) is 0 Å². The Bertz CT molecular complexity index is 1210. The zero-order valence-electron chi connectivity index (χ0n) is 19.5. The Morgan fingerprint density at radius 2 is 1.65 bits per heavy atom. The number of nitrogens with one attached hydrogen (secondary N) is 3. The van der Waals surface area contributed by atoms with Gasteiger partial charge in [-0.3, -0.25) is 9.59 Å². The fourth-order valence-electron chi connectivity index (χ4n) is 3.34. The van der Waals surface area contributed by atoms with Crippen molar-refractivity contribution in [2.75, 3.05) is 11.9 Å². The van der Waals surface area contributed by atoms with Crippen molar-refractivity contribution >= 4 is 53.0 Å². The molecule has 37 heavy (non-hydrogen) atoms. The van der Waals surface area contributed by atoms with E-state index in [0.29, 0.717) is 37.3 Å². The maximum atomic E-state index is 12.6. The fraction of sp³-hybridized carbons (Fsp3) is 0.240. The van der Waals surface area contributed by atoms with Gasteiger partial charge in [-0.1, -0.05) is 53.5 Å². The first-order valence-corrected chi connectivity index (χ1v) is 11.8. The molecule has 0 aliphatic carbocycles. The van der Waals surface area contributed by atoms with Crippen LogP contribution in [-0.2, 0) is 32.0 Å². The number of aromatic nitrogens is 2. The molecule has 2 aromatic carbocycles. The van der Waals surface area contributed by atoms with E-state index < -0.39 is 17.9 Å². The van der Waals surface area contributed by atoms with E-state index in [0.717, 1.165) is 5.56 Å². The van der Waals surface area contributed by atoms with Gasteiger partial charge in [0.1, 0.15) is 11.8 Å². The third-order valence-corrected chi connectivity index (χ3v) is 5.71. The Balaban J connectivity index is 0.00000153. The lowest BCUT2D eigenvalue weighted by Gasteiger charge is -2.16. The molecule has 0 radical (unpaired) electrons. The second kappa shape index (κ2) is 15.2. The Kier molecular flexibility index (Phi) is 12.0. The molecule has 194 valence electrons. The van der Waals surface area contributed by atoms with Crippen molar-refractivity contribution in [3.8, 4) is 0 Å². The van der Waals surface area contributed by atoms with E-state index in [1.807, 2.05) is 0 Å². The number of carbonyl (C=O) groups excluding carboxylic acids is 4. The van der Waals surface area contributed by atoms with Crippen molar-refractivity contribution in [3.63, 3.8) is 0 Å². The van der Waals surface area contributed by atoms with Crippen LogP contribution in [-0.4, -0.2) is 51.5 Å². The molecule has 0 aliphatic heterocycles. The number of nitrogens with zero attached hydrogens (tertiary/aromatic N) is 1. The summed E-state index contributed by atoms with van der Waals surface area (Å²) in [5.41, 5.74) is 1.58. The first kappa shape index (κ1) is 29.3. The molecular weight excluding hydrogens is 523 g/mol. The molecule has 0 bridgehead atoms. The highest BCUT2D eigenvalue weighted by atomic mass is 35.5. The van der Waals surface area contributed by atoms with Crippen LogP contribution in [0.2, 0.25) is 10.0 Å². The normalized spacial score (nSPS) is 10.9. The minimum atomic E-state index is -1.18. The minimum Gasteiger partial charge on any atom is -0.480 e. The average molecular weight is 547 g/mol. The first-order valence-electron chi connectivity index (χ1n) is 11.0. The van der Waals surface area contributed by atoms with Crippen molar-refractivity contribution in [3.05, 3.63) is 81.6 Å². The predicted octanol–water partition coefficient (Wildman–Crippen LogP) is 3.56. The number of carbonyl (C=O) groups is 3. The molecule has 3 rings (SSSR count). The van der Waals surface area contributed by atoms with E-state index in [1.165, 1.54) is 12.1 Å². The van der Waals surface area contributed by atoms with Crippen molar-refractivity contribution in [1.29, 1.82) is 0 Å². The molecule has 1 aromatic heterocycles. The molecule has 1 heterocycles. The molecule has 0 saturated carbocycles. The molecule has 0 fully saturated rings. The van der Waals surface area contributed by atoms with E-state index in [9.17, 15) is 19.5 Å². The molecule has 0 aliphatic rings. The third-order valence-electron chi connectivity index (χ3n) is 5.08. The molecule has 0 spiro atoms. The molecule has 3 aromatic rings. The highest BCUT2D eigenvalue weighted by Crippen LogP contribution is 2.24. The summed E-state index contributed by atoms with van der Waals surface area (Å²) in [5, 5.41) is 15.4. The Morgan fingerprint density at radius 1 is 1.03 bits per heavy atom. The first-order chi connectivity index (χ1) is 17.7. The number of aliphatic carboxylic acids is 1. The van der Waals surface area contributed by atoms with Crippen LogP contribution in [0.15, 0.2) is 54.9 Å². The number of rotatable bonds is 12. The van der Waals surface area contributed by atoms with Gasteiger partial charge in [0.2, 0.25) is 0 Å². The number of imidazole rings is 1. The molecule has 12 heteroatoms. The number of ketones is 1. The SMILES string of the molecule is O=C(CCCNc1ncc[nH]1)Cc1ccc(C[C@H](NC(=O)c2c(Cl)cccc2Cl)C(=O)O)cc1.O=C=O. The van der Waals surface area contributed by atoms with Crippen LogP contribution < -0.4 is 10.6 Å². The summed E-state index contributed by atoms with van der Waals surface area (Å²) in [6.45, 7) is 0.639. The lowest BCUT2D eigenvalue weighted by Crippen LogP contribution is -2.42.